The van der Waals surface area contributed by atoms with Gasteiger partial charge in [-0.25, -0.2) is 5.48 Å². The average molecular weight is 169 g/mol. The summed E-state index contributed by atoms with van der Waals surface area (Å²) in [5.74, 6) is 0.531. The molecule has 0 radical (unpaired) electrons. The summed E-state index contributed by atoms with van der Waals surface area (Å²) in [4.78, 5) is 4.17. The van der Waals surface area contributed by atoms with Crippen molar-refractivity contribution in [1.29, 1.82) is 0 Å². The highest BCUT2D eigenvalue weighted by atomic mass is 19.4. The van der Waals surface area contributed by atoms with Crippen LogP contribution >= 0.6 is 0 Å². The lowest BCUT2D eigenvalue weighted by atomic mass is 10.4. The number of hydrogen-bond acceptors (Lipinski definition) is 2. The first-order chi connectivity index (χ1) is 5.08. The molecule has 0 aromatic carbocycles. The van der Waals surface area contributed by atoms with Gasteiger partial charge < -0.3 is 0 Å². The van der Waals surface area contributed by atoms with Crippen LogP contribution < -0.4 is 5.48 Å². The predicted octanol–water partition coefficient (Wildman–Crippen LogP) is 1.48. The van der Waals surface area contributed by atoms with Crippen molar-refractivity contribution in [2.24, 2.45) is 5.92 Å². The molecule has 1 N–H and O–H groups in total. The summed E-state index contributed by atoms with van der Waals surface area (Å²) in [6.07, 6.45) is -2.03. The van der Waals surface area contributed by atoms with Crippen molar-refractivity contribution >= 4 is 0 Å². The van der Waals surface area contributed by atoms with Gasteiger partial charge in [0, 0.05) is 6.54 Å². The smallest absolute Gasteiger partial charge is 0.292 e. The molecule has 0 spiro atoms. The molecule has 0 saturated heterocycles. The molecule has 11 heavy (non-hydrogen) atoms. The number of nitrogens with one attached hydrogen (secondary N) is 1. The lowest BCUT2D eigenvalue weighted by Gasteiger charge is -2.07. The van der Waals surface area contributed by atoms with Crippen molar-refractivity contribution in [3.8, 4) is 0 Å². The Kier molecular flexibility index (Phi) is 2.72. The van der Waals surface area contributed by atoms with Crippen LogP contribution in [0.25, 0.3) is 0 Å². The quantitative estimate of drug-likeness (QED) is 0.508. The average Bonchev–Trinajstić information content (AvgIpc) is 2.60. The molecule has 0 atom stereocenters. The van der Waals surface area contributed by atoms with E-state index >= 15 is 0 Å². The maximum atomic E-state index is 11.4. The second-order valence-corrected chi connectivity index (χ2v) is 2.70. The van der Waals surface area contributed by atoms with Gasteiger partial charge in [0.2, 0.25) is 0 Å². The Morgan fingerprint density at radius 3 is 2.45 bits per heavy atom. The molecule has 0 aromatic heterocycles. The minimum Gasteiger partial charge on any atom is -0.292 e. The largest absolute Gasteiger partial charge is 0.413 e. The lowest BCUT2D eigenvalue weighted by Crippen LogP contribution is -2.26. The van der Waals surface area contributed by atoms with Crippen LogP contribution in [0.1, 0.15) is 12.8 Å². The standard InChI is InChI=1S/C6H10F3NO/c7-6(8,9)4-11-10-3-5-1-2-5/h5,10H,1-4H2. The molecular weight excluding hydrogens is 159 g/mol. The molecule has 0 heterocycles. The third-order valence-corrected chi connectivity index (χ3v) is 1.41. The highest BCUT2D eigenvalue weighted by Crippen LogP contribution is 2.27. The topological polar surface area (TPSA) is 21.3 Å². The van der Waals surface area contributed by atoms with Crippen LogP contribution in [0, 0.1) is 5.92 Å². The molecule has 0 unspecified atom stereocenters. The van der Waals surface area contributed by atoms with Crippen LogP contribution in [0.15, 0.2) is 0 Å². The Hall–Kier alpha value is -0.290. The van der Waals surface area contributed by atoms with Gasteiger partial charge in [0.25, 0.3) is 0 Å². The molecule has 2 nitrogen and oxygen atoms in total. The summed E-state index contributed by atoms with van der Waals surface area (Å²) >= 11 is 0. The van der Waals surface area contributed by atoms with Crippen molar-refractivity contribution < 1.29 is 18.0 Å². The minimum atomic E-state index is -4.23. The van der Waals surface area contributed by atoms with Gasteiger partial charge in [-0.15, -0.1) is 0 Å². The van der Waals surface area contributed by atoms with Gasteiger partial charge in [0.15, 0.2) is 6.61 Å². The van der Waals surface area contributed by atoms with Gasteiger partial charge in [-0.2, -0.15) is 13.2 Å². The maximum Gasteiger partial charge on any atom is 0.413 e. The Bertz CT molecular complexity index is 121. The summed E-state index contributed by atoms with van der Waals surface area (Å²) < 4.78 is 34.3. The van der Waals surface area contributed by atoms with E-state index in [4.69, 9.17) is 0 Å². The summed E-state index contributed by atoms with van der Waals surface area (Å²) in [6.45, 7) is -0.671. The zero-order chi connectivity index (χ0) is 8.32. The molecule has 66 valence electrons. The molecule has 1 fully saturated rings. The van der Waals surface area contributed by atoms with E-state index in [1.807, 2.05) is 0 Å². The van der Waals surface area contributed by atoms with Crippen LogP contribution in [0.2, 0.25) is 0 Å². The highest BCUT2D eigenvalue weighted by Gasteiger charge is 2.28. The third-order valence-electron chi connectivity index (χ3n) is 1.41. The number of alkyl halides is 3. The summed E-state index contributed by atoms with van der Waals surface area (Å²) in [5.41, 5.74) is 2.28. The van der Waals surface area contributed by atoms with E-state index in [9.17, 15) is 13.2 Å². The first-order valence-corrected chi connectivity index (χ1v) is 3.49. The van der Waals surface area contributed by atoms with E-state index in [1.165, 1.54) is 0 Å². The third kappa shape index (κ3) is 5.03. The van der Waals surface area contributed by atoms with E-state index in [0.717, 1.165) is 12.8 Å². The zero-order valence-electron chi connectivity index (χ0n) is 5.95. The molecule has 1 saturated carbocycles. The van der Waals surface area contributed by atoms with E-state index in [0.29, 0.717) is 12.5 Å². The molecule has 1 aliphatic carbocycles. The van der Waals surface area contributed by atoms with Crippen LogP contribution in [0.5, 0.6) is 0 Å². The summed E-state index contributed by atoms with van der Waals surface area (Å²) in [5, 5.41) is 0. The Balaban J connectivity index is 1.87. The van der Waals surface area contributed by atoms with Crippen molar-refractivity contribution in [3.05, 3.63) is 0 Å². The molecule has 0 aliphatic heterocycles. The normalized spacial score (nSPS) is 18.8. The molecule has 5 heteroatoms. The molecule has 0 amide bonds. The second kappa shape index (κ2) is 3.40. The van der Waals surface area contributed by atoms with E-state index in [1.54, 1.807) is 0 Å². The van der Waals surface area contributed by atoms with Crippen molar-refractivity contribution in [1.82, 2.24) is 5.48 Å². The van der Waals surface area contributed by atoms with Crippen LogP contribution in [0.3, 0.4) is 0 Å². The van der Waals surface area contributed by atoms with Gasteiger partial charge in [-0.3, -0.25) is 4.84 Å². The predicted molar refractivity (Wildman–Crippen MR) is 32.7 cm³/mol. The van der Waals surface area contributed by atoms with Crippen molar-refractivity contribution in [3.63, 3.8) is 0 Å². The first kappa shape index (κ1) is 8.80. The fourth-order valence-electron chi connectivity index (χ4n) is 0.632. The van der Waals surface area contributed by atoms with Gasteiger partial charge in [0.1, 0.15) is 0 Å². The summed E-state index contributed by atoms with van der Waals surface area (Å²) in [6, 6.07) is 0. The fraction of sp³-hybridized carbons (Fsp3) is 1.00. The Morgan fingerprint density at radius 1 is 1.36 bits per heavy atom. The number of hydroxylamine groups is 1. The first-order valence-electron chi connectivity index (χ1n) is 3.49. The molecule has 0 bridgehead atoms. The molecule has 0 aromatic rings. The number of rotatable bonds is 4. The lowest BCUT2D eigenvalue weighted by molar-refractivity contribution is -0.189. The van der Waals surface area contributed by atoms with Crippen LogP contribution in [-0.4, -0.2) is 19.3 Å². The number of hydrogen-bond donors (Lipinski definition) is 1. The SMILES string of the molecule is FC(F)(F)CONCC1CC1. The molecule has 1 rings (SSSR count). The van der Waals surface area contributed by atoms with Crippen LogP contribution in [0.4, 0.5) is 13.2 Å². The zero-order valence-corrected chi connectivity index (χ0v) is 5.95. The van der Waals surface area contributed by atoms with E-state index < -0.39 is 12.8 Å². The minimum absolute atomic E-state index is 0.531. The van der Waals surface area contributed by atoms with Gasteiger partial charge in [0.05, 0.1) is 0 Å². The van der Waals surface area contributed by atoms with Crippen molar-refractivity contribution in [2.75, 3.05) is 13.2 Å². The molecule has 1 aliphatic rings. The van der Waals surface area contributed by atoms with Crippen molar-refractivity contribution in [2.45, 2.75) is 19.0 Å². The van der Waals surface area contributed by atoms with E-state index in [2.05, 4.69) is 10.3 Å². The monoisotopic (exact) mass is 169 g/mol. The second-order valence-electron chi connectivity index (χ2n) is 2.70. The van der Waals surface area contributed by atoms with Gasteiger partial charge >= 0.3 is 6.18 Å². The maximum absolute atomic E-state index is 11.4. The highest BCUT2D eigenvalue weighted by molar-refractivity contribution is 4.73. The van der Waals surface area contributed by atoms with Gasteiger partial charge in [-0.1, -0.05) is 0 Å². The van der Waals surface area contributed by atoms with Crippen LogP contribution in [-0.2, 0) is 4.84 Å². The Morgan fingerprint density at radius 2 is 2.00 bits per heavy atom. The van der Waals surface area contributed by atoms with E-state index in [-0.39, 0.29) is 0 Å². The molecular formula is C6H10F3NO. The summed E-state index contributed by atoms with van der Waals surface area (Å²) in [7, 11) is 0. The van der Waals surface area contributed by atoms with Gasteiger partial charge in [-0.05, 0) is 18.8 Å². The number of halogens is 3. The Labute approximate surface area is 62.7 Å². The fourth-order valence-corrected chi connectivity index (χ4v) is 0.632.